The molecule has 0 aliphatic carbocycles. The van der Waals surface area contributed by atoms with Gasteiger partial charge in [-0.15, -0.1) is 0 Å². The third-order valence-corrected chi connectivity index (χ3v) is 6.29. The number of nitriles is 1. The monoisotopic (exact) mass is 535 g/mol. The first-order valence-electron chi connectivity index (χ1n) is 11.1. The maximum Gasteiger partial charge on any atom is 0.294 e. The Morgan fingerprint density at radius 1 is 1.11 bits per heavy atom. The van der Waals surface area contributed by atoms with Gasteiger partial charge in [0.05, 0.1) is 29.3 Å². The standard InChI is InChI=1S/C27H19F2N3O5S/c1-36-23-10-16(6-9-22(23)37-15-18-5-3-2-4-17(18)13-30)11-24-26(34)32(27(35)38-24)14-25(33)31-21-8-7-19(28)12-20(21)29/h2-12H,14-15H2,1H3,(H,31,33)/b24-11-. The fourth-order valence-corrected chi connectivity index (χ4v) is 4.35. The van der Waals surface area contributed by atoms with E-state index in [-0.39, 0.29) is 17.2 Å². The smallest absolute Gasteiger partial charge is 0.294 e. The summed E-state index contributed by atoms with van der Waals surface area (Å²) in [5.74, 6) is -2.52. The number of benzene rings is 3. The van der Waals surface area contributed by atoms with Crippen LogP contribution >= 0.6 is 11.8 Å². The number of imide groups is 1. The van der Waals surface area contributed by atoms with E-state index in [4.69, 9.17) is 9.47 Å². The van der Waals surface area contributed by atoms with Crippen molar-refractivity contribution < 1.29 is 32.6 Å². The van der Waals surface area contributed by atoms with E-state index in [1.54, 1.807) is 42.5 Å². The molecule has 192 valence electrons. The predicted octanol–water partition coefficient (Wildman–Crippen LogP) is 5.10. The summed E-state index contributed by atoms with van der Waals surface area (Å²) in [6.45, 7) is -0.499. The third kappa shape index (κ3) is 5.99. The van der Waals surface area contributed by atoms with Gasteiger partial charge in [0.15, 0.2) is 11.5 Å². The Hall–Kier alpha value is -4.69. The lowest BCUT2D eigenvalue weighted by molar-refractivity contribution is -0.127. The van der Waals surface area contributed by atoms with Crippen LogP contribution < -0.4 is 14.8 Å². The summed E-state index contributed by atoms with van der Waals surface area (Å²) < 4.78 is 38.1. The third-order valence-electron chi connectivity index (χ3n) is 5.39. The molecule has 11 heteroatoms. The average molecular weight is 536 g/mol. The summed E-state index contributed by atoms with van der Waals surface area (Å²) in [4.78, 5) is 38.3. The fraction of sp³-hybridized carbons (Fsp3) is 0.111. The molecule has 0 atom stereocenters. The molecule has 8 nitrogen and oxygen atoms in total. The molecule has 0 unspecified atom stereocenters. The SMILES string of the molecule is COc1cc(/C=C2\SC(=O)N(CC(=O)Nc3ccc(F)cc3F)C2=O)ccc1OCc1ccccc1C#N. The van der Waals surface area contributed by atoms with Crippen LogP contribution in [0.4, 0.5) is 19.3 Å². The van der Waals surface area contributed by atoms with Gasteiger partial charge in [-0.2, -0.15) is 5.26 Å². The van der Waals surface area contributed by atoms with Gasteiger partial charge in [-0.05, 0) is 53.7 Å². The highest BCUT2D eigenvalue weighted by atomic mass is 32.2. The van der Waals surface area contributed by atoms with E-state index >= 15 is 0 Å². The van der Waals surface area contributed by atoms with E-state index in [0.717, 1.165) is 17.0 Å². The van der Waals surface area contributed by atoms with Crippen molar-refractivity contribution in [2.45, 2.75) is 6.61 Å². The minimum absolute atomic E-state index is 0.0782. The second-order valence-electron chi connectivity index (χ2n) is 7.91. The van der Waals surface area contributed by atoms with Gasteiger partial charge in [-0.25, -0.2) is 8.78 Å². The molecule has 0 aromatic heterocycles. The van der Waals surface area contributed by atoms with E-state index < -0.39 is 35.2 Å². The molecule has 3 aromatic carbocycles. The van der Waals surface area contributed by atoms with Crippen molar-refractivity contribution >= 4 is 40.6 Å². The summed E-state index contributed by atoms with van der Waals surface area (Å²) in [5, 5.41) is 10.8. The van der Waals surface area contributed by atoms with Gasteiger partial charge in [0.25, 0.3) is 11.1 Å². The Bertz CT molecular complexity index is 1500. The number of ether oxygens (including phenoxy) is 2. The van der Waals surface area contributed by atoms with Crippen molar-refractivity contribution in [2.75, 3.05) is 19.0 Å². The summed E-state index contributed by atoms with van der Waals surface area (Å²) >= 11 is 0.651. The normalized spacial score (nSPS) is 13.9. The number of amides is 3. The maximum absolute atomic E-state index is 13.8. The number of nitrogens with zero attached hydrogens (tertiary/aromatic N) is 2. The zero-order chi connectivity index (χ0) is 27.2. The van der Waals surface area contributed by atoms with E-state index in [1.165, 1.54) is 13.2 Å². The molecule has 1 saturated heterocycles. The van der Waals surface area contributed by atoms with Crippen molar-refractivity contribution in [1.82, 2.24) is 4.90 Å². The molecular weight excluding hydrogens is 516 g/mol. The molecule has 1 fully saturated rings. The number of methoxy groups -OCH3 is 1. The molecule has 3 amide bonds. The highest BCUT2D eigenvalue weighted by molar-refractivity contribution is 8.18. The maximum atomic E-state index is 13.8. The van der Waals surface area contributed by atoms with Crippen LogP contribution in [0.3, 0.4) is 0 Å². The molecule has 4 rings (SSSR count). The largest absolute Gasteiger partial charge is 0.493 e. The topological polar surface area (TPSA) is 109 Å². The number of halogens is 2. The Labute approximate surface area is 220 Å². The van der Waals surface area contributed by atoms with Crippen molar-refractivity contribution in [3.05, 3.63) is 93.9 Å². The number of anilines is 1. The molecule has 3 aromatic rings. The van der Waals surface area contributed by atoms with Gasteiger partial charge in [-0.1, -0.05) is 24.3 Å². The van der Waals surface area contributed by atoms with Crippen LogP contribution in [0.1, 0.15) is 16.7 Å². The summed E-state index contributed by atoms with van der Waals surface area (Å²) in [6.07, 6.45) is 1.47. The second-order valence-corrected chi connectivity index (χ2v) is 8.90. The fourth-order valence-electron chi connectivity index (χ4n) is 3.52. The van der Waals surface area contributed by atoms with E-state index in [9.17, 15) is 28.4 Å². The number of nitrogens with one attached hydrogen (secondary N) is 1. The molecule has 1 N–H and O–H groups in total. The number of thioether (sulfide) groups is 1. The Balaban J connectivity index is 1.44. The van der Waals surface area contributed by atoms with Crippen LogP contribution in [0.5, 0.6) is 11.5 Å². The van der Waals surface area contributed by atoms with Crippen LogP contribution in [0.25, 0.3) is 6.08 Å². The molecular formula is C27H19F2N3O5S. The minimum atomic E-state index is -0.983. The number of rotatable bonds is 8. The highest BCUT2D eigenvalue weighted by Crippen LogP contribution is 2.35. The molecule has 0 radical (unpaired) electrons. The zero-order valence-electron chi connectivity index (χ0n) is 19.9. The first kappa shape index (κ1) is 26.4. The number of carbonyl (C=O) groups is 3. The zero-order valence-corrected chi connectivity index (χ0v) is 20.7. The molecule has 1 aliphatic rings. The molecule has 1 heterocycles. The van der Waals surface area contributed by atoms with Crippen LogP contribution in [0.2, 0.25) is 0 Å². The lowest BCUT2D eigenvalue weighted by Gasteiger charge is -2.13. The van der Waals surface area contributed by atoms with Crippen molar-refractivity contribution in [3.63, 3.8) is 0 Å². The van der Waals surface area contributed by atoms with Crippen molar-refractivity contribution in [3.8, 4) is 17.6 Å². The highest BCUT2D eigenvalue weighted by Gasteiger charge is 2.36. The van der Waals surface area contributed by atoms with Crippen molar-refractivity contribution in [2.24, 2.45) is 0 Å². The lowest BCUT2D eigenvalue weighted by atomic mass is 10.1. The first-order chi connectivity index (χ1) is 18.3. The van der Waals surface area contributed by atoms with Crippen LogP contribution in [-0.4, -0.2) is 35.6 Å². The lowest BCUT2D eigenvalue weighted by Crippen LogP contribution is -2.36. The van der Waals surface area contributed by atoms with Gasteiger partial charge >= 0.3 is 0 Å². The Kier molecular flexibility index (Phi) is 8.03. The number of hydrogen-bond donors (Lipinski definition) is 1. The summed E-state index contributed by atoms with van der Waals surface area (Å²) in [6, 6.07) is 16.7. The molecule has 0 saturated carbocycles. The Morgan fingerprint density at radius 2 is 1.89 bits per heavy atom. The number of carbonyl (C=O) groups excluding carboxylic acids is 3. The second kappa shape index (κ2) is 11.6. The number of hydrogen-bond acceptors (Lipinski definition) is 7. The summed E-state index contributed by atoms with van der Waals surface area (Å²) in [5.41, 5.74) is 1.47. The minimum Gasteiger partial charge on any atom is -0.493 e. The van der Waals surface area contributed by atoms with Crippen LogP contribution in [0.15, 0.2) is 65.6 Å². The average Bonchev–Trinajstić information content (AvgIpc) is 3.16. The van der Waals surface area contributed by atoms with Gasteiger partial charge in [0.1, 0.15) is 24.8 Å². The summed E-state index contributed by atoms with van der Waals surface area (Å²) in [7, 11) is 1.45. The van der Waals surface area contributed by atoms with Gasteiger partial charge in [0.2, 0.25) is 5.91 Å². The van der Waals surface area contributed by atoms with E-state index in [0.29, 0.717) is 46.0 Å². The van der Waals surface area contributed by atoms with Gasteiger partial charge in [-0.3, -0.25) is 19.3 Å². The van der Waals surface area contributed by atoms with Crippen molar-refractivity contribution in [1.29, 1.82) is 5.26 Å². The van der Waals surface area contributed by atoms with Crippen LogP contribution in [-0.2, 0) is 16.2 Å². The quantitative estimate of drug-likeness (QED) is 0.400. The van der Waals surface area contributed by atoms with E-state index in [1.807, 2.05) is 0 Å². The van der Waals surface area contributed by atoms with E-state index in [2.05, 4.69) is 11.4 Å². The molecule has 0 bridgehead atoms. The molecule has 0 spiro atoms. The Morgan fingerprint density at radius 3 is 2.63 bits per heavy atom. The molecule has 38 heavy (non-hydrogen) atoms. The predicted molar refractivity (Wildman–Crippen MR) is 136 cm³/mol. The first-order valence-corrected chi connectivity index (χ1v) is 11.9. The van der Waals surface area contributed by atoms with Gasteiger partial charge in [0, 0.05) is 11.6 Å². The molecule has 1 aliphatic heterocycles. The van der Waals surface area contributed by atoms with Crippen LogP contribution in [0, 0.1) is 23.0 Å². The van der Waals surface area contributed by atoms with Gasteiger partial charge < -0.3 is 14.8 Å².